The molecule has 0 fully saturated rings. The minimum Gasteiger partial charge on any atom is -0.316 e. The highest BCUT2D eigenvalue weighted by Crippen LogP contribution is 2.05. The molecular weight excluding hydrogens is 192 g/mol. The fraction of sp³-hybridized carbons (Fsp3) is 0.200. The number of hydrogen-bond acceptors (Lipinski definition) is 3. The van der Waals surface area contributed by atoms with Crippen LogP contribution in [-0.2, 0) is 0 Å². The summed E-state index contributed by atoms with van der Waals surface area (Å²) in [5.74, 6) is 0. The third-order valence-corrected chi connectivity index (χ3v) is 2.06. The van der Waals surface area contributed by atoms with Gasteiger partial charge in [-0.1, -0.05) is 12.2 Å². The first-order chi connectivity index (χ1) is 7.31. The van der Waals surface area contributed by atoms with E-state index in [0.717, 1.165) is 12.1 Å². The first-order valence-corrected chi connectivity index (χ1v) is 4.68. The summed E-state index contributed by atoms with van der Waals surface area (Å²) in [6, 6.07) is 1.80. The second-order valence-electron chi connectivity index (χ2n) is 3.18. The number of rotatable bonds is 3. The van der Waals surface area contributed by atoms with Crippen molar-refractivity contribution >= 4 is 11.6 Å². The van der Waals surface area contributed by atoms with Crippen LogP contribution in [0.4, 0.5) is 0 Å². The first-order valence-electron chi connectivity index (χ1n) is 4.68. The molecule has 2 rings (SSSR count). The van der Waals surface area contributed by atoms with Crippen molar-refractivity contribution in [3.05, 3.63) is 40.6 Å². The highest BCUT2D eigenvalue weighted by atomic mass is 16.1. The second kappa shape index (κ2) is 4.10. The molecule has 2 aromatic rings. The van der Waals surface area contributed by atoms with E-state index in [2.05, 4.69) is 15.4 Å². The van der Waals surface area contributed by atoms with Crippen LogP contribution in [0.1, 0.15) is 5.56 Å². The minimum absolute atomic E-state index is 0.127. The minimum atomic E-state index is -0.127. The maximum Gasteiger partial charge on any atom is 0.275 e. The highest BCUT2D eigenvalue weighted by molar-refractivity contribution is 5.58. The Bertz CT molecular complexity index is 538. The maximum absolute atomic E-state index is 11.4. The lowest BCUT2D eigenvalue weighted by Crippen LogP contribution is -2.09. The predicted molar refractivity (Wildman–Crippen MR) is 58.8 cm³/mol. The molecule has 0 aromatic carbocycles. The van der Waals surface area contributed by atoms with Crippen molar-refractivity contribution in [1.82, 2.24) is 19.9 Å². The lowest BCUT2D eigenvalue weighted by atomic mass is 10.3. The van der Waals surface area contributed by atoms with Gasteiger partial charge in [0.15, 0.2) is 0 Å². The van der Waals surface area contributed by atoms with Gasteiger partial charge in [0.25, 0.3) is 5.56 Å². The van der Waals surface area contributed by atoms with Crippen molar-refractivity contribution in [1.29, 1.82) is 0 Å². The van der Waals surface area contributed by atoms with Crippen LogP contribution in [-0.4, -0.2) is 28.2 Å². The molecule has 0 unspecified atom stereocenters. The molecule has 2 aromatic heterocycles. The average Bonchev–Trinajstić information content (AvgIpc) is 2.63. The fourth-order valence-corrected chi connectivity index (χ4v) is 1.36. The molecule has 0 saturated carbocycles. The number of aromatic nitrogens is 3. The van der Waals surface area contributed by atoms with Gasteiger partial charge in [-0.05, 0) is 18.7 Å². The monoisotopic (exact) mass is 204 g/mol. The molecule has 0 atom stereocenters. The van der Waals surface area contributed by atoms with Gasteiger partial charge in [-0.15, -0.1) is 0 Å². The van der Waals surface area contributed by atoms with Gasteiger partial charge in [-0.2, -0.15) is 5.10 Å². The van der Waals surface area contributed by atoms with E-state index >= 15 is 0 Å². The van der Waals surface area contributed by atoms with Crippen molar-refractivity contribution in [2.75, 3.05) is 13.6 Å². The van der Waals surface area contributed by atoms with Gasteiger partial charge in [-0.25, -0.2) is 4.52 Å². The summed E-state index contributed by atoms with van der Waals surface area (Å²) in [6.45, 7) is 0.802. The molecule has 0 aliphatic heterocycles. The Balaban J connectivity index is 2.39. The van der Waals surface area contributed by atoms with Crippen molar-refractivity contribution < 1.29 is 0 Å². The molecule has 0 radical (unpaired) electrons. The van der Waals surface area contributed by atoms with E-state index in [1.807, 2.05) is 25.4 Å². The highest BCUT2D eigenvalue weighted by Gasteiger charge is 2.00. The van der Waals surface area contributed by atoms with Crippen molar-refractivity contribution in [2.24, 2.45) is 0 Å². The summed E-state index contributed by atoms with van der Waals surface area (Å²) in [6.07, 6.45) is 7.14. The number of likely N-dealkylation sites (N-methyl/N-ethyl adjacent to an activating group) is 1. The molecular formula is C10H12N4O. The Hall–Kier alpha value is -1.88. The summed E-state index contributed by atoms with van der Waals surface area (Å²) < 4.78 is 1.57. The Morgan fingerprint density at radius 2 is 2.53 bits per heavy atom. The lowest BCUT2D eigenvalue weighted by Gasteiger charge is -1.87. The van der Waals surface area contributed by atoms with E-state index in [4.69, 9.17) is 0 Å². The Kier molecular flexibility index (Phi) is 2.64. The summed E-state index contributed by atoms with van der Waals surface area (Å²) in [5.41, 5.74) is 1.40. The normalized spacial score (nSPS) is 11.5. The molecule has 2 N–H and O–H groups in total. The molecule has 0 bridgehead atoms. The Morgan fingerprint density at radius 1 is 1.67 bits per heavy atom. The molecule has 0 saturated heterocycles. The van der Waals surface area contributed by atoms with Gasteiger partial charge >= 0.3 is 0 Å². The van der Waals surface area contributed by atoms with Crippen LogP contribution >= 0.6 is 0 Å². The summed E-state index contributed by atoms with van der Waals surface area (Å²) in [7, 11) is 1.88. The third kappa shape index (κ3) is 1.97. The zero-order valence-corrected chi connectivity index (χ0v) is 8.40. The molecule has 15 heavy (non-hydrogen) atoms. The van der Waals surface area contributed by atoms with Crippen LogP contribution in [0, 0.1) is 0 Å². The van der Waals surface area contributed by atoms with E-state index in [0.29, 0.717) is 5.52 Å². The standard InChI is InChI=1S/C10H12N4O/c1-11-4-2-3-8-5-9-10(15)12-7-13-14(9)6-8/h2-3,5-7,11H,4H2,1H3,(H,12,13,15). The molecule has 0 spiro atoms. The molecule has 0 aliphatic rings. The molecule has 78 valence electrons. The van der Waals surface area contributed by atoms with Crippen LogP contribution in [0.25, 0.3) is 11.6 Å². The Labute approximate surface area is 86.4 Å². The van der Waals surface area contributed by atoms with Gasteiger partial charge in [0, 0.05) is 12.7 Å². The maximum atomic E-state index is 11.4. The van der Waals surface area contributed by atoms with E-state index in [9.17, 15) is 4.79 Å². The largest absolute Gasteiger partial charge is 0.316 e. The zero-order chi connectivity index (χ0) is 10.7. The van der Waals surface area contributed by atoms with Crippen LogP contribution in [0.2, 0.25) is 0 Å². The van der Waals surface area contributed by atoms with Crippen LogP contribution in [0.15, 0.2) is 29.5 Å². The number of hydrogen-bond donors (Lipinski definition) is 2. The number of aromatic amines is 1. The van der Waals surface area contributed by atoms with Gasteiger partial charge in [0.2, 0.25) is 0 Å². The van der Waals surface area contributed by atoms with E-state index < -0.39 is 0 Å². The van der Waals surface area contributed by atoms with E-state index in [-0.39, 0.29) is 5.56 Å². The average molecular weight is 204 g/mol. The van der Waals surface area contributed by atoms with Gasteiger partial charge in [0.05, 0.1) is 0 Å². The van der Waals surface area contributed by atoms with E-state index in [1.165, 1.54) is 6.33 Å². The zero-order valence-electron chi connectivity index (χ0n) is 8.40. The SMILES string of the molecule is CNCC=Cc1cc2c(=O)[nH]cnn2c1. The number of nitrogens with zero attached hydrogens (tertiary/aromatic N) is 2. The number of nitrogens with one attached hydrogen (secondary N) is 2. The van der Waals surface area contributed by atoms with Gasteiger partial charge in [0.1, 0.15) is 11.8 Å². The van der Waals surface area contributed by atoms with Gasteiger partial charge in [-0.3, -0.25) is 4.79 Å². The number of H-pyrrole nitrogens is 1. The molecule has 0 amide bonds. The third-order valence-electron chi connectivity index (χ3n) is 2.06. The number of fused-ring (bicyclic) bond motifs is 1. The fourth-order valence-electron chi connectivity index (χ4n) is 1.36. The van der Waals surface area contributed by atoms with Crippen molar-refractivity contribution in [2.45, 2.75) is 0 Å². The molecule has 5 nitrogen and oxygen atoms in total. The summed E-state index contributed by atoms with van der Waals surface area (Å²) in [4.78, 5) is 13.9. The predicted octanol–water partition coefficient (Wildman–Crippen LogP) is 0.255. The Morgan fingerprint density at radius 3 is 3.27 bits per heavy atom. The lowest BCUT2D eigenvalue weighted by molar-refractivity contribution is 0.888. The summed E-state index contributed by atoms with van der Waals surface area (Å²) in [5, 5.41) is 7.01. The van der Waals surface area contributed by atoms with Crippen LogP contribution in [0.3, 0.4) is 0 Å². The smallest absolute Gasteiger partial charge is 0.275 e. The summed E-state index contributed by atoms with van der Waals surface area (Å²) >= 11 is 0. The quantitative estimate of drug-likeness (QED) is 0.753. The van der Waals surface area contributed by atoms with E-state index in [1.54, 1.807) is 10.6 Å². The molecule has 5 heteroatoms. The van der Waals surface area contributed by atoms with Crippen molar-refractivity contribution in [3.8, 4) is 0 Å². The molecule has 0 aliphatic carbocycles. The topological polar surface area (TPSA) is 62.2 Å². The molecule has 2 heterocycles. The first kappa shape index (κ1) is 9.67. The van der Waals surface area contributed by atoms with Crippen molar-refractivity contribution in [3.63, 3.8) is 0 Å². The van der Waals surface area contributed by atoms with Crippen LogP contribution < -0.4 is 10.9 Å². The van der Waals surface area contributed by atoms with Crippen LogP contribution in [0.5, 0.6) is 0 Å². The second-order valence-corrected chi connectivity index (χ2v) is 3.18. The van der Waals surface area contributed by atoms with Gasteiger partial charge < -0.3 is 10.3 Å².